The highest BCUT2D eigenvalue weighted by molar-refractivity contribution is 6.07. The van der Waals surface area contributed by atoms with Crippen molar-refractivity contribution < 1.29 is 28.5 Å². The quantitative estimate of drug-likeness (QED) is 0.577. The minimum absolute atomic E-state index is 0.196. The predicted octanol–water partition coefficient (Wildman–Crippen LogP) is 2.70. The number of rotatable bonds is 6. The maximum atomic E-state index is 12.3. The highest BCUT2D eigenvalue weighted by atomic mass is 16.6. The van der Waals surface area contributed by atoms with Gasteiger partial charge < -0.3 is 18.9 Å². The van der Waals surface area contributed by atoms with E-state index >= 15 is 0 Å². The smallest absolute Gasteiger partial charge is 0.324 e. The summed E-state index contributed by atoms with van der Waals surface area (Å²) in [6, 6.07) is 15.3. The van der Waals surface area contributed by atoms with Crippen LogP contribution in [0.3, 0.4) is 0 Å². The van der Waals surface area contributed by atoms with E-state index in [1.807, 2.05) is 48.5 Å². The van der Waals surface area contributed by atoms with Gasteiger partial charge in [-0.2, -0.15) is 0 Å². The number of methoxy groups -OCH3 is 2. The van der Waals surface area contributed by atoms with Gasteiger partial charge in [-0.1, -0.05) is 36.4 Å². The number of hydrogen-bond donors (Lipinski definition) is 0. The standard InChI is InChI=1S/C21H20O6/c1-24-17-10-14(8-9-16(17)26-11-13-6-4-3-5-7-13)18-15-12-27-20(23)21(15,18)19(22)25-2/h3-10,15,18H,11-12H2,1-2H3/t15-,18-,21-/m1/s1. The van der Waals surface area contributed by atoms with Crippen LogP contribution in [0.25, 0.3) is 0 Å². The van der Waals surface area contributed by atoms with E-state index in [1.165, 1.54) is 7.11 Å². The average Bonchev–Trinajstić information content (AvgIpc) is 3.28. The molecule has 6 heteroatoms. The number of fused-ring (bicyclic) bond motifs is 1. The molecule has 1 aliphatic carbocycles. The summed E-state index contributed by atoms with van der Waals surface area (Å²) in [7, 11) is 2.85. The topological polar surface area (TPSA) is 71.1 Å². The van der Waals surface area contributed by atoms with Crippen LogP contribution in [0.4, 0.5) is 0 Å². The number of carbonyl (C=O) groups excluding carboxylic acids is 2. The van der Waals surface area contributed by atoms with Gasteiger partial charge in [-0.3, -0.25) is 9.59 Å². The van der Waals surface area contributed by atoms with Crippen LogP contribution < -0.4 is 9.47 Å². The van der Waals surface area contributed by atoms with E-state index in [2.05, 4.69) is 0 Å². The highest BCUT2D eigenvalue weighted by Gasteiger charge is 2.80. The van der Waals surface area contributed by atoms with E-state index in [1.54, 1.807) is 7.11 Å². The second kappa shape index (κ2) is 6.61. The predicted molar refractivity (Wildman–Crippen MR) is 95.4 cm³/mol. The summed E-state index contributed by atoms with van der Waals surface area (Å²) in [5.74, 6) is -0.343. The molecule has 1 heterocycles. The van der Waals surface area contributed by atoms with Crippen molar-refractivity contribution in [1.82, 2.24) is 0 Å². The van der Waals surface area contributed by atoms with Gasteiger partial charge in [0, 0.05) is 11.8 Å². The SMILES string of the molecule is COC(=O)[C@@]12C(=O)OC[C@@H]1[C@H]2c1ccc(OCc2ccccc2)c(OC)c1. The largest absolute Gasteiger partial charge is 0.493 e. The first-order valence-corrected chi connectivity index (χ1v) is 8.73. The van der Waals surface area contributed by atoms with Crippen LogP contribution in [0, 0.1) is 11.3 Å². The molecule has 0 spiro atoms. The first-order valence-electron chi connectivity index (χ1n) is 8.73. The molecule has 27 heavy (non-hydrogen) atoms. The second-order valence-corrected chi connectivity index (χ2v) is 6.73. The van der Waals surface area contributed by atoms with Gasteiger partial charge in [0.1, 0.15) is 6.61 Å². The molecule has 1 saturated heterocycles. The van der Waals surface area contributed by atoms with Crippen LogP contribution in [-0.2, 0) is 25.7 Å². The zero-order valence-corrected chi connectivity index (χ0v) is 15.1. The lowest BCUT2D eigenvalue weighted by Crippen LogP contribution is -2.28. The molecule has 0 amide bonds. The van der Waals surface area contributed by atoms with Gasteiger partial charge >= 0.3 is 11.9 Å². The molecule has 3 atom stereocenters. The molecule has 6 nitrogen and oxygen atoms in total. The Labute approximate surface area is 157 Å². The lowest BCUT2D eigenvalue weighted by atomic mass is 9.99. The lowest BCUT2D eigenvalue weighted by molar-refractivity contribution is -0.158. The van der Waals surface area contributed by atoms with Crippen molar-refractivity contribution in [1.29, 1.82) is 0 Å². The third-order valence-electron chi connectivity index (χ3n) is 5.41. The third-order valence-corrected chi connectivity index (χ3v) is 5.41. The molecule has 0 aromatic heterocycles. The molecule has 2 aromatic rings. The average molecular weight is 368 g/mol. The maximum absolute atomic E-state index is 12.3. The van der Waals surface area contributed by atoms with Crippen LogP contribution in [0.5, 0.6) is 11.5 Å². The molecule has 4 rings (SSSR count). The van der Waals surface area contributed by atoms with Crippen LogP contribution >= 0.6 is 0 Å². The van der Waals surface area contributed by atoms with E-state index in [0.717, 1.165) is 11.1 Å². The molecule has 0 N–H and O–H groups in total. The van der Waals surface area contributed by atoms with Crippen molar-refractivity contribution >= 4 is 11.9 Å². The van der Waals surface area contributed by atoms with Crippen LogP contribution in [0.1, 0.15) is 17.0 Å². The van der Waals surface area contributed by atoms with Crippen LogP contribution in [0.15, 0.2) is 48.5 Å². The van der Waals surface area contributed by atoms with Crippen molar-refractivity contribution in [2.75, 3.05) is 20.8 Å². The Kier molecular flexibility index (Phi) is 4.26. The van der Waals surface area contributed by atoms with E-state index in [9.17, 15) is 9.59 Å². The van der Waals surface area contributed by atoms with Gasteiger partial charge in [0.05, 0.1) is 20.8 Å². The molecule has 0 unspecified atom stereocenters. The van der Waals surface area contributed by atoms with E-state index < -0.39 is 17.4 Å². The molecule has 2 aliphatic rings. The van der Waals surface area contributed by atoms with Gasteiger partial charge in [-0.25, -0.2) is 0 Å². The number of ether oxygens (including phenoxy) is 4. The Morgan fingerprint density at radius 2 is 1.93 bits per heavy atom. The molecule has 0 bridgehead atoms. The zero-order chi connectivity index (χ0) is 19.0. The molecule has 0 radical (unpaired) electrons. The summed E-state index contributed by atoms with van der Waals surface area (Å²) in [6.07, 6.45) is 0. The molecule has 1 saturated carbocycles. The molecular weight excluding hydrogens is 348 g/mol. The molecule has 1 aliphatic heterocycles. The summed E-state index contributed by atoms with van der Waals surface area (Å²) in [6.45, 7) is 0.647. The first-order chi connectivity index (χ1) is 13.1. The first kappa shape index (κ1) is 17.4. The van der Waals surface area contributed by atoms with Gasteiger partial charge in [-0.15, -0.1) is 0 Å². The number of benzene rings is 2. The van der Waals surface area contributed by atoms with Crippen molar-refractivity contribution in [3.8, 4) is 11.5 Å². The summed E-state index contributed by atoms with van der Waals surface area (Å²) < 4.78 is 21.3. The molecule has 2 aromatic carbocycles. The maximum Gasteiger partial charge on any atom is 0.324 e. The normalized spacial score (nSPS) is 25.3. The van der Waals surface area contributed by atoms with E-state index in [0.29, 0.717) is 18.1 Å². The minimum Gasteiger partial charge on any atom is -0.493 e. The lowest BCUT2D eigenvalue weighted by Gasteiger charge is -2.15. The highest BCUT2D eigenvalue weighted by Crippen LogP contribution is 2.69. The Morgan fingerprint density at radius 1 is 1.15 bits per heavy atom. The fraction of sp³-hybridized carbons (Fsp3) is 0.333. The van der Waals surface area contributed by atoms with Gasteiger partial charge in [0.15, 0.2) is 16.9 Å². The number of carbonyl (C=O) groups is 2. The second-order valence-electron chi connectivity index (χ2n) is 6.73. The van der Waals surface area contributed by atoms with Crippen molar-refractivity contribution in [2.45, 2.75) is 12.5 Å². The van der Waals surface area contributed by atoms with E-state index in [4.69, 9.17) is 18.9 Å². The Balaban J connectivity index is 1.57. The number of hydrogen-bond acceptors (Lipinski definition) is 6. The number of cyclic esters (lactones) is 1. The zero-order valence-electron chi connectivity index (χ0n) is 15.1. The van der Waals surface area contributed by atoms with Crippen LogP contribution in [-0.4, -0.2) is 32.8 Å². The van der Waals surface area contributed by atoms with Gasteiger partial charge in [0.2, 0.25) is 0 Å². The molecule has 2 fully saturated rings. The minimum atomic E-state index is -1.22. The van der Waals surface area contributed by atoms with Crippen LogP contribution in [0.2, 0.25) is 0 Å². The van der Waals surface area contributed by atoms with E-state index in [-0.39, 0.29) is 18.4 Å². The van der Waals surface area contributed by atoms with Gasteiger partial charge in [0.25, 0.3) is 0 Å². The fourth-order valence-electron chi connectivity index (χ4n) is 4.01. The summed E-state index contributed by atoms with van der Waals surface area (Å²) in [4.78, 5) is 24.5. The third kappa shape index (κ3) is 2.63. The number of esters is 2. The monoisotopic (exact) mass is 368 g/mol. The van der Waals surface area contributed by atoms with Gasteiger partial charge in [-0.05, 0) is 23.3 Å². The van der Waals surface area contributed by atoms with Crippen molar-refractivity contribution in [2.24, 2.45) is 11.3 Å². The molecular formula is C21H20O6. The van der Waals surface area contributed by atoms with Crippen molar-refractivity contribution in [3.05, 3.63) is 59.7 Å². The fourth-order valence-corrected chi connectivity index (χ4v) is 4.01. The Hall–Kier alpha value is -3.02. The van der Waals surface area contributed by atoms with Crippen molar-refractivity contribution in [3.63, 3.8) is 0 Å². The molecule has 140 valence electrons. The summed E-state index contributed by atoms with van der Waals surface area (Å²) in [5, 5.41) is 0. The Morgan fingerprint density at radius 3 is 2.63 bits per heavy atom. The summed E-state index contributed by atoms with van der Waals surface area (Å²) in [5.41, 5.74) is 0.672. The Bertz CT molecular complexity index is 877. The summed E-state index contributed by atoms with van der Waals surface area (Å²) >= 11 is 0.